The lowest BCUT2D eigenvalue weighted by Gasteiger charge is -2.02. The van der Waals surface area contributed by atoms with Crippen LogP contribution in [0.3, 0.4) is 0 Å². The monoisotopic (exact) mass is 287 g/mol. The molecule has 0 saturated heterocycles. The summed E-state index contributed by atoms with van der Waals surface area (Å²) in [5.74, 6) is 0.537. The summed E-state index contributed by atoms with van der Waals surface area (Å²) in [5.41, 5.74) is 0.767. The van der Waals surface area contributed by atoms with Gasteiger partial charge in [-0.3, -0.25) is 10.1 Å². The van der Waals surface area contributed by atoms with Crippen LogP contribution < -0.4 is 0 Å². The Morgan fingerprint density at radius 3 is 3.00 bits per heavy atom. The lowest BCUT2D eigenvalue weighted by Crippen LogP contribution is -1.90. The standard InChI is InChI=1S/C9H6ClN3O2S2/c10-8-2-1-7(13(14)15)3-6(8)4-16-9-11-5-12-17-9/h1-3,5H,4H2. The lowest BCUT2D eigenvalue weighted by molar-refractivity contribution is -0.384. The van der Waals surface area contributed by atoms with Gasteiger partial charge in [-0.25, -0.2) is 4.98 Å². The first-order valence-electron chi connectivity index (χ1n) is 4.49. The second-order valence-corrected chi connectivity index (χ2v) is 5.44. The molecule has 1 aromatic carbocycles. The molecule has 1 heterocycles. The van der Waals surface area contributed by atoms with Crippen LogP contribution in [0, 0.1) is 10.1 Å². The predicted octanol–water partition coefficient (Wildman–Crippen LogP) is 3.39. The second-order valence-electron chi connectivity index (χ2n) is 3.03. The number of hydrogen-bond acceptors (Lipinski definition) is 6. The van der Waals surface area contributed by atoms with Crippen molar-refractivity contribution < 1.29 is 4.92 Å². The van der Waals surface area contributed by atoms with Crippen molar-refractivity contribution in [2.24, 2.45) is 0 Å². The summed E-state index contributed by atoms with van der Waals surface area (Å²) in [6.45, 7) is 0. The van der Waals surface area contributed by atoms with Gasteiger partial charge in [0.1, 0.15) is 6.33 Å². The molecule has 0 saturated carbocycles. The van der Waals surface area contributed by atoms with Crippen LogP contribution in [0.15, 0.2) is 28.9 Å². The van der Waals surface area contributed by atoms with E-state index in [0.29, 0.717) is 10.8 Å². The van der Waals surface area contributed by atoms with E-state index >= 15 is 0 Å². The maximum absolute atomic E-state index is 10.6. The first-order chi connectivity index (χ1) is 8.16. The molecule has 8 heteroatoms. The normalized spacial score (nSPS) is 10.4. The van der Waals surface area contributed by atoms with Crippen LogP contribution in [0.2, 0.25) is 5.02 Å². The van der Waals surface area contributed by atoms with Gasteiger partial charge in [-0.2, -0.15) is 4.37 Å². The highest BCUT2D eigenvalue weighted by molar-refractivity contribution is 8.00. The number of hydrogen-bond donors (Lipinski definition) is 0. The zero-order valence-corrected chi connectivity index (χ0v) is 10.8. The van der Waals surface area contributed by atoms with Crippen LogP contribution in [-0.4, -0.2) is 14.3 Å². The van der Waals surface area contributed by atoms with Crippen molar-refractivity contribution in [3.63, 3.8) is 0 Å². The summed E-state index contributed by atoms with van der Waals surface area (Å²) in [5, 5.41) is 11.2. The van der Waals surface area contributed by atoms with Crippen molar-refractivity contribution in [3.05, 3.63) is 45.2 Å². The van der Waals surface area contributed by atoms with E-state index in [0.717, 1.165) is 9.90 Å². The van der Waals surface area contributed by atoms with Crippen LogP contribution in [-0.2, 0) is 5.75 Å². The van der Waals surface area contributed by atoms with Crippen LogP contribution in [0.5, 0.6) is 0 Å². The van der Waals surface area contributed by atoms with E-state index < -0.39 is 4.92 Å². The average molecular weight is 288 g/mol. The summed E-state index contributed by atoms with van der Waals surface area (Å²) in [6.07, 6.45) is 1.47. The Hall–Kier alpha value is -1.18. The minimum absolute atomic E-state index is 0.0438. The third-order valence-corrected chi connectivity index (χ3v) is 4.15. The second kappa shape index (κ2) is 5.44. The molecule has 2 rings (SSSR count). The first-order valence-corrected chi connectivity index (χ1v) is 6.63. The third kappa shape index (κ3) is 3.15. The number of nitro benzene ring substituents is 1. The molecule has 0 aliphatic carbocycles. The molecule has 0 N–H and O–H groups in total. The SMILES string of the molecule is O=[N+]([O-])c1ccc(Cl)c(CSc2ncns2)c1. The summed E-state index contributed by atoms with van der Waals surface area (Å²) in [7, 11) is 0. The maximum Gasteiger partial charge on any atom is 0.269 e. The lowest BCUT2D eigenvalue weighted by atomic mass is 10.2. The smallest absolute Gasteiger partial charge is 0.258 e. The van der Waals surface area contributed by atoms with Crippen molar-refractivity contribution in [1.29, 1.82) is 0 Å². The predicted molar refractivity (Wildman–Crippen MR) is 67.6 cm³/mol. The van der Waals surface area contributed by atoms with Crippen molar-refractivity contribution in [3.8, 4) is 0 Å². The number of non-ortho nitro benzene ring substituents is 1. The van der Waals surface area contributed by atoms with Gasteiger partial charge < -0.3 is 0 Å². The Balaban J connectivity index is 2.14. The number of benzene rings is 1. The quantitative estimate of drug-likeness (QED) is 0.490. The van der Waals surface area contributed by atoms with E-state index in [1.165, 1.54) is 47.8 Å². The van der Waals surface area contributed by atoms with Gasteiger partial charge >= 0.3 is 0 Å². The number of rotatable bonds is 4. The molecular formula is C9H6ClN3O2S2. The highest BCUT2D eigenvalue weighted by Gasteiger charge is 2.10. The van der Waals surface area contributed by atoms with Crippen molar-refractivity contribution in [1.82, 2.24) is 9.36 Å². The largest absolute Gasteiger partial charge is 0.269 e. The molecule has 17 heavy (non-hydrogen) atoms. The summed E-state index contributed by atoms with van der Waals surface area (Å²) >= 11 is 8.71. The fourth-order valence-corrected chi connectivity index (χ4v) is 2.85. The molecule has 0 bridgehead atoms. The van der Waals surface area contributed by atoms with Crippen LogP contribution in [0.4, 0.5) is 5.69 Å². The third-order valence-electron chi connectivity index (χ3n) is 1.93. The van der Waals surface area contributed by atoms with Crippen molar-refractivity contribution >= 4 is 40.6 Å². The molecule has 0 atom stereocenters. The van der Waals surface area contributed by atoms with Gasteiger partial charge in [0.2, 0.25) is 0 Å². The molecule has 0 unspecified atom stereocenters. The van der Waals surface area contributed by atoms with Gasteiger partial charge in [-0.05, 0) is 23.2 Å². The zero-order chi connectivity index (χ0) is 12.3. The van der Waals surface area contributed by atoms with Gasteiger partial charge in [0.15, 0.2) is 4.34 Å². The number of nitrogens with zero attached hydrogens (tertiary/aromatic N) is 3. The molecule has 0 spiro atoms. The van der Waals surface area contributed by atoms with E-state index in [1.54, 1.807) is 0 Å². The number of halogens is 1. The maximum atomic E-state index is 10.6. The van der Waals surface area contributed by atoms with Crippen molar-refractivity contribution in [2.45, 2.75) is 10.1 Å². The van der Waals surface area contributed by atoms with Crippen LogP contribution in [0.25, 0.3) is 0 Å². The summed E-state index contributed by atoms with van der Waals surface area (Å²) < 4.78 is 4.68. The summed E-state index contributed by atoms with van der Waals surface area (Å²) in [6, 6.07) is 4.41. The molecule has 0 aliphatic heterocycles. The fourth-order valence-electron chi connectivity index (χ4n) is 1.15. The molecule has 0 amide bonds. The Bertz CT molecular complexity index is 533. The van der Waals surface area contributed by atoms with E-state index in [2.05, 4.69) is 9.36 Å². The first kappa shape index (κ1) is 12.3. The van der Waals surface area contributed by atoms with Gasteiger partial charge in [0, 0.05) is 22.9 Å². The van der Waals surface area contributed by atoms with Gasteiger partial charge in [-0.1, -0.05) is 23.4 Å². The molecule has 0 aliphatic rings. The average Bonchev–Trinajstić information content (AvgIpc) is 2.80. The Morgan fingerprint density at radius 2 is 2.35 bits per heavy atom. The Kier molecular flexibility index (Phi) is 3.93. The van der Waals surface area contributed by atoms with Gasteiger partial charge in [-0.15, -0.1) is 0 Å². The van der Waals surface area contributed by atoms with E-state index in [9.17, 15) is 10.1 Å². The molecule has 1 aromatic heterocycles. The molecule has 0 radical (unpaired) electrons. The molecular weight excluding hydrogens is 282 g/mol. The number of thioether (sulfide) groups is 1. The van der Waals surface area contributed by atoms with E-state index in [1.807, 2.05) is 0 Å². The topological polar surface area (TPSA) is 68.9 Å². The van der Waals surface area contributed by atoms with Crippen LogP contribution >= 0.6 is 34.9 Å². The van der Waals surface area contributed by atoms with Crippen molar-refractivity contribution in [2.75, 3.05) is 0 Å². The van der Waals surface area contributed by atoms with Crippen LogP contribution in [0.1, 0.15) is 5.56 Å². The Labute approximate surface area is 110 Å². The molecule has 2 aromatic rings. The highest BCUT2D eigenvalue weighted by Crippen LogP contribution is 2.29. The zero-order valence-electron chi connectivity index (χ0n) is 8.37. The molecule has 5 nitrogen and oxygen atoms in total. The highest BCUT2D eigenvalue weighted by atomic mass is 35.5. The Morgan fingerprint density at radius 1 is 1.53 bits per heavy atom. The minimum Gasteiger partial charge on any atom is -0.258 e. The van der Waals surface area contributed by atoms with Gasteiger partial charge in [0.25, 0.3) is 5.69 Å². The molecule has 88 valence electrons. The van der Waals surface area contributed by atoms with E-state index in [4.69, 9.17) is 11.6 Å². The number of nitro groups is 1. The number of aromatic nitrogens is 2. The molecule has 0 fully saturated rings. The minimum atomic E-state index is -0.435. The van der Waals surface area contributed by atoms with Gasteiger partial charge in [0.05, 0.1) is 4.92 Å². The van der Waals surface area contributed by atoms with E-state index in [-0.39, 0.29) is 5.69 Å². The fraction of sp³-hybridized carbons (Fsp3) is 0.111. The summed E-state index contributed by atoms with van der Waals surface area (Å²) in [4.78, 5) is 14.2.